The molecule has 1 N–H and O–H groups in total. The fraction of sp³-hybridized carbons (Fsp3) is 0.130. The lowest BCUT2D eigenvalue weighted by Crippen LogP contribution is -2.16. The zero-order chi connectivity index (χ0) is 22.1. The summed E-state index contributed by atoms with van der Waals surface area (Å²) in [5, 5.41) is 7.64. The Morgan fingerprint density at radius 3 is 2.58 bits per heavy atom. The Hall–Kier alpha value is -3.22. The summed E-state index contributed by atoms with van der Waals surface area (Å²) in [6.07, 6.45) is 1.48. The number of methoxy groups -OCH3 is 1. The number of carbonyl (C=O) groups excluding carboxylic acids is 1. The first-order valence-electron chi connectivity index (χ1n) is 9.30. The molecule has 6 nitrogen and oxygen atoms in total. The van der Waals surface area contributed by atoms with Crippen molar-refractivity contribution in [1.29, 1.82) is 0 Å². The number of carbonyl (C=O) groups is 1. The van der Waals surface area contributed by atoms with Crippen LogP contribution in [0.15, 0.2) is 71.9 Å². The van der Waals surface area contributed by atoms with Crippen molar-refractivity contribution in [2.45, 2.75) is 6.61 Å². The molecule has 0 atom stereocenters. The number of para-hydroxylation sites is 1. The van der Waals surface area contributed by atoms with Crippen molar-refractivity contribution in [1.82, 2.24) is 0 Å². The molecule has 160 valence electrons. The maximum absolute atomic E-state index is 11.8. The van der Waals surface area contributed by atoms with Gasteiger partial charge in [-0.1, -0.05) is 52.6 Å². The number of oxime groups is 1. The summed E-state index contributed by atoms with van der Waals surface area (Å²) >= 11 is 12.1. The largest absolute Gasteiger partial charge is 0.493 e. The van der Waals surface area contributed by atoms with Gasteiger partial charge in [0.2, 0.25) is 0 Å². The Morgan fingerprint density at radius 2 is 1.84 bits per heavy atom. The summed E-state index contributed by atoms with van der Waals surface area (Å²) in [7, 11) is 1.54. The number of rotatable bonds is 9. The van der Waals surface area contributed by atoms with Crippen molar-refractivity contribution in [3.8, 4) is 11.5 Å². The molecule has 3 rings (SSSR count). The van der Waals surface area contributed by atoms with E-state index in [9.17, 15) is 4.79 Å². The monoisotopic (exact) mass is 458 g/mol. The summed E-state index contributed by atoms with van der Waals surface area (Å²) in [6, 6.07) is 19.6. The van der Waals surface area contributed by atoms with E-state index in [0.717, 1.165) is 11.1 Å². The molecular weight excluding hydrogens is 439 g/mol. The summed E-state index contributed by atoms with van der Waals surface area (Å²) in [5.41, 5.74) is 2.22. The van der Waals surface area contributed by atoms with Crippen LogP contribution >= 0.6 is 23.2 Å². The molecule has 0 aliphatic heterocycles. The highest BCUT2D eigenvalue weighted by Gasteiger charge is 2.08. The van der Waals surface area contributed by atoms with Gasteiger partial charge in [-0.15, -0.1) is 0 Å². The quantitative estimate of drug-likeness (QED) is 0.336. The molecule has 0 aliphatic rings. The highest BCUT2D eigenvalue weighted by atomic mass is 35.5. The Labute approximate surface area is 190 Å². The first-order valence-corrected chi connectivity index (χ1v) is 10.1. The van der Waals surface area contributed by atoms with E-state index < -0.39 is 0 Å². The Morgan fingerprint density at radius 1 is 1.03 bits per heavy atom. The molecule has 0 unspecified atom stereocenters. The van der Waals surface area contributed by atoms with Crippen LogP contribution in [-0.2, 0) is 16.2 Å². The van der Waals surface area contributed by atoms with Gasteiger partial charge < -0.3 is 19.6 Å². The molecule has 0 radical (unpaired) electrons. The highest BCUT2D eigenvalue weighted by molar-refractivity contribution is 6.35. The summed E-state index contributed by atoms with van der Waals surface area (Å²) in [5.74, 6) is 0.773. The fourth-order valence-corrected chi connectivity index (χ4v) is 3.05. The number of benzene rings is 3. The minimum Gasteiger partial charge on any atom is -0.493 e. The van der Waals surface area contributed by atoms with E-state index in [1.807, 2.05) is 24.3 Å². The second kappa shape index (κ2) is 11.2. The SMILES string of the molecule is COc1cc(/C=N/OCC(=O)Nc2ccccc2)ccc1OCc1ccc(Cl)cc1Cl. The summed E-state index contributed by atoms with van der Waals surface area (Å²) in [6.45, 7) is 0.0605. The van der Waals surface area contributed by atoms with E-state index >= 15 is 0 Å². The van der Waals surface area contributed by atoms with Gasteiger partial charge >= 0.3 is 0 Å². The molecule has 0 saturated carbocycles. The molecule has 0 aromatic heterocycles. The predicted molar refractivity (Wildman–Crippen MR) is 122 cm³/mol. The molecule has 1 amide bonds. The minimum atomic E-state index is -0.300. The van der Waals surface area contributed by atoms with E-state index in [-0.39, 0.29) is 19.1 Å². The third kappa shape index (κ3) is 6.91. The number of hydrogen-bond acceptors (Lipinski definition) is 5. The maximum Gasteiger partial charge on any atom is 0.265 e. The zero-order valence-electron chi connectivity index (χ0n) is 16.7. The van der Waals surface area contributed by atoms with Crippen LogP contribution in [0.1, 0.15) is 11.1 Å². The zero-order valence-corrected chi connectivity index (χ0v) is 18.2. The standard InChI is InChI=1S/C23H20Cl2N2O4/c1-29-22-11-16(13-26-31-15-23(28)27-19-5-3-2-4-6-19)7-10-21(22)30-14-17-8-9-18(24)12-20(17)25/h2-13H,14-15H2,1H3,(H,27,28)/b26-13+. The van der Waals surface area contributed by atoms with Crippen LogP contribution in [0, 0.1) is 0 Å². The first kappa shape index (κ1) is 22.5. The van der Waals surface area contributed by atoms with Gasteiger partial charge in [0.25, 0.3) is 5.91 Å². The topological polar surface area (TPSA) is 69.2 Å². The van der Waals surface area contributed by atoms with Gasteiger partial charge in [0.1, 0.15) is 6.61 Å². The number of halogens is 2. The van der Waals surface area contributed by atoms with E-state index in [2.05, 4.69) is 10.5 Å². The van der Waals surface area contributed by atoms with Gasteiger partial charge in [0.05, 0.1) is 13.3 Å². The molecule has 3 aromatic rings. The number of anilines is 1. The van der Waals surface area contributed by atoms with Crippen molar-refractivity contribution in [2.24, 2.45) is 5.16 Å². The average Bonchev–Trinajstić information content (AvgIpc) is 2.77. The van der Waals surface area contributed by atoms with Crippen molar-refractivity contribution < 1.29 is 19.1 Å². The van der Waals surface area contributed by atoms with Crippen LogP contribution in [0.4, 0.5) is 5.69 Å². The van der Waals surface area contributed by atoms with Crippen molar-refractivity contribution >= 4 is 41.0 Å². The molecule has 0 fully saturated rings. The number of amides is 1. The molecular formula is C23H20Cl2N2O4. The summed E-state index contributed by atoms with van der Waals surface area (Å²) in [4.78, 5) is 16.9. The lowest BCUT2D eigenvalue weighted by atomic mass is 10.2. The lowest BCUT2D eigenvalue weighted by Gasteiger charge is -2.12. The van der Waals surface area contributed by atoms with E-state index in [1.165, 1.54) is 6.21 Å². The number of nitrogens with one attached hydrogen (secondary N) is 1. The van der Waals surface area contributed by atoms with Crippen LogP contribution in [0.2, 0.25) is 10.0 Å². The van der Waals surface area contributed by atoms with Gasteiger partial charge in [0.15, 0.2) is 18.1 Å². The molecule has 3 aromatic carbocycles. The predicted octanol–water partition coefficient (Wildman–Crippen LogP) is 5.57. The molecule has 31 heavy (non-hydrogen) atoms. The van der Waals surface area contributed by atoms with Crippen molar-refractivity contribution in [3.05, 3.63) is 87.9 Å². The van der Waals surface area contributed by atoms with Gasteiger partial charge in [-0.2, -0.15) is 0 Å². The third-order valence-corrected chi connectivity index (χ3v) is 4.70. The lowest BCUT2D eigenvalue weighted by molar-refractivity contribution is -0.120. The van der Waals surface area contributed by atoms with E-state index in [0.29, 0.717) is 27.2 Å². The number of ether oxygens (including phenoxy) is 2. The van der Waals surface area contributed by atoms with Crippen LogP contribution in [0.5, 0.6) is 11.5 Å². The maximum atomic E-state index is 11.8. The van der Waals surface area contributed by atoms with Crippen molar-refractivity contribution in [2.75, 3.05) is 19.0 Å². The Balaban J connectivity index is 1.53. The van der Waals surface area contributed by atoms with Crippen LogP contribution < -0.4 is 14.8 Å². The minimum absolute atomic E-state index is 0.203. The van der Waals surface area contributed by atoms with Gasteiger partial charge in [0, 0.05) is 26.9 Å². The number of hydrogen-bond donors (Lipinski definition) is 1. The van der Waals surface area contributed by atoms with Crippen molar-refractivity contribution in [3.63, 3.8) is 0 Å². The first-order chi connectivity index (χ1) is 15.0. The van der Waals surface area contributed by atoms with Crippen LogP contribution in [-0.4, -0.2) is 25.8 Å². The normalized spacial score (nSPS) is 10.7. The van der Waals surface area contributed by atoms with Gasteiger partial charge in [-0.25, -0.2) is 0 Å². The molecule has 0 heterocycles. The average molecular weight is 459 g/mol. The van der Waals surface area contributed by atoms with E-state index in [4.69, 9.17) is 37.5 Å². The van der Waals surface area contributed by atoms with Gasteiger partial charge in [-0.3, -0.25) is 4.79 Å². The number of nitrogens with zero attached hydrogens (tertiary/aromatic N) is 1. The third-order valence-electron chi connectivity index (χ3n) is 4.12. The van der Waals surface area contributed by atoms with Gasteiger partial charge in [-0.05, 0) is 42.5 Å². The summed E-state index contributed by atoms with van der Waals surface area (Å²) < 4.78 is 11.2. The molecule has 0 aliphatic carbocycles. The molecule has 0 spiro atoms. The second-order valence-electron chi connectivity index (χ2n) is 6.36. The Bertz CT molecular complexity index is 1060. The van der Waals surface area contributed by atoms with E-state index in [1.54, 1.807) is 49.6 Å². The van der Waals surface area contributed by atoms with Crippen LogP contribution in [0.25, 0.3) is 0 Å². The second-order valence-corrected chi connectivity index (χ2v) is 7.20. The molecule has 0 bridgehead atoms. The Kier molecular flexibility index (Phi) is 8.15. The smallest absolute Gasteiger partial charge is 0.265 e. The molecule has 0 saturated heterocycles. The van der Waals surface area contributed by atoms with Crippen LogP contribution in [0.3, 0.4) is 0 Å². The fourth-order valence-electron chi connectivity index (χ4n) is 2.59. The highest BCUT2D eigenvalue weighted by Crippen LogP contribution is 2.29. The molecule has 8 heteroatoms.